The number of aromatic nitrogens is 1. The molecule has 0 saturated heterocycles. The quantitative estimate of drug-likeness (QED) is 0.611. The standard InChI is InChI=1S/C18H17Cl2N3O4S2/c1-10(23(29(3,26)27)15-8-11(19)4-6-13(15)20)17(24)21-12-5-7-14-16(9-12)28-18(25)22(14)2/h4-10H,1-3H3,(H,21,24). The highest BCUT2D eigenvalue weighted by Crippen LogP contribution is 2.32. The second-order valence-electron chi connectivity index (χ2n) is 6.43. The number of hydrogen-bond acceptors (Lipinski definition) is 5. The number of hydrogen-bond donors (Lipinski definition) is 1. The van der Waals surface area contributed by atoms with Crippen LogP contribution in [0.15, 0.2) is 41.2 Å². The van der Waals surface area contributed by atoms with E-state index in [0.29, 0.717) is 10.4 Å². The summed E-state index contributed by atoms with van der Waals surface area (Å²) in [5.41, 5.74) is 1.30. The number of aryl methyl sites for hydroxylation is 1. The number of carbonyl (C=O) groups excluding carboxylic acids is 1. The largest absolute Gasteiger partial charge is 0.324 e. The number of halogens is 2. The fraction of sp³-hybridized carbons (Fsp3) is 0.222. The zero-order valence-corrected chi connectivity index (χ0v) is 18.8. The van der Waals surface area contributed by atoms with Crippen LogP contribution in [-0.2, 0) is 21.9 Å². The summed E-state index contributed by atoms with van der Waals surface area (Å²) in [6.45, 7) is 1.45. The fourth-order valence-electron chi connectivity index (χ4n) is 2.89. The first-order valence-electron chi connectivity index (χ1n) is 8.34. The molecule has 3 aromatic rings. The molecule has 1 heterocycles. The van der Waals surface area contributed by atoms with Crippen LogP contribution in [0.4, 0.5) is 11.4 Å². The Kier molecular flexibility index (Phi) is 5.96. The number of nitrogens with zero attached hydrogens (tertiary/aromatic N) is 2. The summed E-state index contributed by atoms with van der Waals surface area (Å²) in [7, 11) is -2.18. The molecular formula is C18H17Cl2N3O4S2. The Morgan fingerprint density at radius 2 is 1.90 bits per heavy atom. The van der Waals surface area contributed by atoms with Gasteiger partial charge in [0.25, 0.3) is 0 Å². The molecule has 0 fully saturated rings. The molecule has 7 nitrogen and oxygen atoms in total. The molecule has 154 valence electrons. The number of nitrogens with one attached hydrogen (secondary N) is 1. The van der Waals surface area contributed by atoms with Crippen LogP contribution in [0.25, 0.3) is 10.2 Å². The molecule has 3 rings (SSSR count). The molecule has 11 heteroatoms. The molecule has 0 saturated carbocycles. The van der Waals surface area contributed by atoms with Gasteiger partial charge in [-0.2, -0.15) is 0 Å². The van der Waals surface area contributed by atoms with E-state index in [1.54, 1.807) is 25.2 Å². The first kappa shape index (κ1) is 21.6. The zero-order valence-electron chi connectivity index (χ0n) is 15.6. The van der Waals surface area contributed by atoms with Crippen LogP contribution in [0.5, 0.6) is 0 Å². The molecular weight excluding hydrogens is 457 g/mol. The SMILES string of the molecule is CC(C(=O)Nc1ccc2c(c1)sc(=O)n2C)N(c1cc(Cl)ccc1Cl)S(C)(=O)=O. The number of thiazole rings is 1. The molecule has 2 aromatic carbocycles. The highest BCUT2D eigenvalue weighted by atomic mass is 35.5. The summed E-state index contributed by atoms with van der Waals surface area (Å²) < 4.78 is 28.0. The average Bonchev–Trinajstić information content (AvgIpc) is 2.90. The van der Waals surface area contributed by atoms with Gasteiger partial charge >= 0.3 is 4.87 Å². The predicted octanol–water partition coefficient (Wildman–Crippen LogP) is 3.70. The van der Waals surface area contributed by atoms with E-state index in [-0.39, 0.29) is 20.6 Å². The van der Waals surface area contributed by atoms with Gasteiger partial charge in [0.2, 0.25) is 15.9 Å². The van der Waals surface area contributed by atoms with Crippen molar-refractivity contribution in [2.45, 2.75) is 13.0 Å². The zero-order chi connectivity index (χ0) is 21.5. The van der Waals surface area contributed by atoms with Crippen molar-refractivity contribution in [2.24, 2.45) is 7.05 Å². The maximum atomic E-state index is 12.8. The van der Waals surface area contributed by atoms with E-state index < -0.39 is 22.0 Å². The second-order valence-corrected chi connectivity index (χ2v) is 10.1. The van der Waals surface area contributed by atoms with E-state index >= 15 is 0 Å². The molecule has 0 aliphatic heterocycles. The third kappa shape index (κ3) is 4.42. The second kappa shape index (κ2) is 7.98. The minimum Gasteiger partial charge on any atom is -0.324 e. The number of benzene rings is 2. The monoisotopic (exact) mass is 473 g/mol. The van der Waals surface area contributed by atoms with Crippen molar-refractivity contribution < 1.29 is 13.2 Å². The van der Waals surface area contributed by atoms with Crippen LogP contribution >= 0.6 is 34.5 Å². The van der Waals surface area contributed by atoms with Crippen molar-refractivity contribution in [1.29, 1.82) is 0 Å². The van der Waals surface area contributed by atoms with Crippen molar-refractivity contribution in [1.82, 2.24) is 4.57 Å². The Bertz CT molecular complexity index is 1270. The van der Waals surface area contributed by atoms with E-state index in [1.165, 1.54) is 29.7 Å². The number of rotatable bonds is 5. The van der Waals surface area contributed by atoms with Crippen LogP contribution in [0.2, 0.25) is 10.0 Å². The minimum atomic E-state index is -3.84. The van der Waals surface area contributed by atoms with Crippen molar-refractivity contribution in [3.63, 3.8) is 0 Å². The van der Waals surface area contributed by atoms with Gasteiger partial charge in [-0.3, -0.25) is 13.9 Å². The molecule has 0 spiro atoms. The number of fused-ring (bicyclic) bond motifs is 1. The van der Waals surface area contributed by atoms with E-state index in [0.717, 1.165) is 27.4 Å². The fourth-order valence-corrected chi connectivity index (χ4v) is 5.42. The van der Waals surface area contributed by atoms with E-state index in [9.17, 15) is 18.0 Å². The van der Waals surface area contributed by atoms with Gasteiger partial charge in [-0.25, -0.2) is 8.42 Å². The van der Waals surface area contributed by atoms with Gasteiger partial charge in [0.15, 0.2) is 0 Å². The van der Waals surface area contributed by atoms with Crippen molar-refractivity contribution >= 4 is 72.1 Å². The van der Waals surface area contributed by atoms with E-state index in [2.05, 4.69) is 5.32 Å². The maximum absolute atomic E-state index is 12.8. The number of anilines is 2. The van der Waals surface area contributed by atoms with Crippen molar-refractivity contribution in [2.75, 3.05) is 15.9 Å². The molecule has 1 N–H and O–H groups in total. The summed E-state index contributed by atoms with van der Waals surface area (Å²) in [5, 5.41) is 3.13. The molecule has 1 aromatic heterocycles. The van der Waals surface area contributed by atoms with Crippen LogP contribution in [0, 0.1) is 0 Å². The Morgan fingerprint density at radius 3 is 2.55 bits per heavy atom. The van der Waals surface area contributed by atoms with Gasteiger partial charge < -0.3 is 9.88 Å². The smallest absolute Gasteiger partial charge is 0.307 e. The Morgan fingerprint density at radius 1 is 1.21 bits per heavy atom. The third-order valence-electron chi connectivity index (χ3n) is 4.29. The number of amides is 1. The molecule has 0 aliphatic carbocycles. The van der Waals surface area contributed by atoms with Gasteiger partial charge in [-0.1, -0.05) is 34.5 Å². The molecule has 0 aliphatic rings. The predicted molar refractivity (Wildman–Crippen MR) is 119 cm³/mol. The average molecular weight is 474 g/mol. The molecule has 0 radical (unpaired) electrons. The molecule has 1 amide bonds. The lowest BCUT2D eigenvalue weighted by molar-refractivity contribution is -0.116. The van der Waals surface area contributed by atoms with Crippen LogP contribution in [-0.4, -0.2) is 31.2 Å². The number of carbonyl (C=O) groups is 1. The third-order valence-corrected chi connectivity index (χ3v) is 7.07. The summed E-state index contributed by atoms with van der Waals surface area (Å²) in [6, 6.07) is 8.31. The minimum absolute atomic E-state index is 0.112. The van der Waals surface area contributed by atoms with Gasteiger partial charge in [-0.15, -0.1) is 0 Å². The van der Waals surface area contributed by atoms with Gasteiger partial charge in [0.05, 0.1) is 27.2 Å². The first-order chi connectivity index (χ1) is 13.5. The van der Waals surface area contributed by atoms with E-state index in [4.69, 9.17) is 23.2 Å². The highest BCUT2D eigenvalue weighted by molar-refractivity contribution is 7.92. The van der Waals surface area contributed by atoms with E-state index in [1.807, 2.05) is 0 Å². The van der Waals surface area contributed by atoms with Gasteiger partial charge in [0, 0.05) is 17.8 Å². The van der Waals surface area contributed by atoms with Crippen molar-refractivity contribution in [3.05, 3.63) is 56.1 Å². The highest BCUT2D eigenvalue weighted by Gasteiger charge is 2.31. The molecule has 29 heavy (non-hydrogen) atoms. The Balaban J connectivity index is 1.94. The molecule has 1 atom stereocenters. The Hall–Kier alpha value is -2.07. The van der Waals surface area contributed by atoms with Crippen LogP contribution in [0.1, 0.15) is 6.92 Å². The normalized spacial score (nSPS) is 12.7. The van der Waals surface area contributed by atoms with Crippen LogP contribution < -0.4 is 14.5 Å². The first-order valence-corrected chi connectivity index (χ1v) is 11.8. The van der Waals surface area contributed by atoms with Crippen LogP contribution in [0.3, 0.4) is 0 Å². The summed E-state index contributed by atoms with van der Waals surface area (Å²) in [5.74, 6) is -0.561. The topological polar surface area (TPSA) is 88.5 Å². The van der Waals surface area contributed by atoms with Gasteiger partial charge in [-0.05, 0) is 43.3 Å². The molecule has 0 bridgehead atoms. The lowest BCUT2D eigenvalue weighted by Gasteiger charge is -2.29. The summed E-state index contributed by atoms with van der Waals surface area (Å²) in [6.07, 6.45) is 0.988. The molecule has 1 unspecified atom stereocenters. The lowest BCUT2D eigenvalue weighted by atomic mass is 10.2. The lowest BCUT2D eigenvalue weighted by Crippen LogP contribution is -2.45. The number of sulfonamides is 1. The van der Waals surface area contributed by atoms with Crippen molar-refractivity contribution in [3.8, 4) is 0 Å². The van der Waals surface area contributed by atoms with Gasteiger partial charge in [0.1, 0.15) is 6.04 Å². The maximum Gasteiger partial charge on any atom is 0.307 e. The summed E-state index contributed by atoms with van der Waals surface area (Å²) >= 11 is 13.2. The Labute approximate surface area is 181 Å². The summed E-state index contributed by atoms with van der Waals surface area (Å²) in [4.78, 5) is 24.5.